The molecule has 0 aromatic heterocycles. The number of rotatable bonds is 4. The fourth-order valence-corrected chi connectivity index (χ4v) is 2.06. The molecule has 0 heterocycles. The Morgan fingerprint density at radius 3 is 2.62 bits per heavy atom. The summed E-state index contributed by atoms with van der Waals surface area (Å²) in [5.41, 5.74) is 0.941. The zero-order chi connectivity index (χ0) is 15.4. The third-order valence-electron chi connectivity index (χ3n) is 2.91. The van der Waals surface area contributed by atoms with Gasteiger partial charge in [-0.2, -0.15) is 0 Å². The largest absolute Gasteiger partial charge is 0.392 e. The van der Waals surface area contributed by atoms with Crippen molar-refractivity contribution < 1.29 is 18.7 Å². The Balaban J connectivity index is 2.07. The minimum absolute atomic E-state index is 0.0163. The first-order chi connectivity index (χ1) is 10.0. The van der Waals surface area contributed by atoms with Crippen LogP contribution in [0.3, 0.4) is 0 Å². The summed E-state index contributed by atoms with van der Waals surface area (Å²) < 4.78 is 26.1. The van der Waals surface area contributed by atoms with E-state index in [1.165, 1.54) is 24.3 Å². The molecule has 0 fully saturated rings. The highest BCUT2D eigenvalue weighted by Crippen LogP contribution is 2.17. The quantitative estimate of drug-likeness (QED) is 0.912. The summed E-state index contributed by atoms with van der Waals surface area (Å²) in [5, 5.41) is 11.6. The second kappa shape index (κ2) is 6.65. The van der Waals surface area contributed by atoms with Crippen LogP contribution in [0.1, 0.15) is 21.5 Å². The summed E-state index contributed by atoms with van der Waals surface area (Å²) in [6.07, 6.45) is 0. The zero-order valence-electron chi connectivity index (χ0n) is 10.9. The first-order valence-electron chi connectivity index (χ1n) is 6.12. The Labute approximate surface area is 125 Å². The van der Waals surface area contributed by atoms with Crippen LogP contribution in [0.4, 0.5) is 8.78 Å². The van der Waals surface area contributed by atoms with Gasteiger partial charge in [-0.1, -0.05) is 17.7 Å². The van der Waals surface area contributed by atoms with Crippen LogP contribution in [-0.2, 0) is 13.2 Å². The molecule has 0 atom stereocenters. The Bertz CT molecular complexity index is 677. The Morgan fingerprint density at radius 1 is 1.19 bits per heavy atom. The van der Waals surface area contributed by atoms with Gasteiger partial charge in [0.25, 0.3) is 5.91 Å². The Morgan fingerprint density at radius 2 is 1.95 bits per heavy atom. The third kappa shape index (κ3) is 3.77. The molecule has 0 aliphatic carbocycles. The summed E-state index contributed by atoms with van der Waals surface area (Å²) in [5.74, 6) is -1.49. The van der Waals surface area contributed by atoms with Crippen molar-refractivity contribution in [3.63, 3.8) is 0 Å². The topological polar surface area (TPSA) is 49.3 Å². The van der Waals surface area contributed by atoms with Crippen molar-refractivity contribution in [3.05, 3.63) is 69.7 Å². The molecular weight excluding hydrogens is 300 g/mol. The van der Waals surface area contributed by atoms with Gasteiger partial charge in [-0.15, -0.1) is 0 Å². The molecule has 0 saturated heterocycles. The summed E-state index contributed by atoms with van der Waals surface area (Å²) in [6.45, 7) is -0.281. The van der Waals surface area contributed by atoms with Gasteiger partial charge in [0, 0.05) is 12.1 Å². The lowest BCUT2D eigenvalue weighted by atomic mass is 10.1. The second-order valence-electron chi connectivity index (χ2n) is 4.39. The number of carbonyl (C=O) groups is 1. The average molecular weight is 312 g/mol. The lowest BCUT2D eigenvalue weighted by Crippen LogP contribution is -2.23. The predicted octanol–water partition coefficient (Wildman–Crippen LogP) is 3.04. The summed E-state index contributed by atoms with van der Waals surface area (Å²) in [6, 6.07) is 7.67. The molecule has 0 bridgehead atoms. The molecule has 0 radical (unpaired) electrons. The monoisotopic (exact) mass is 311 g/mol. The van der Waals surface area contributed by atoms with E-state index in [9.17, 15) is 13.6 Å². The maximum Gasteiger partial charge on any atom is 0.253 e. The molecule has 2 rings (SSSR count). The predicted molar refractivity (Wildman–Crippen MR) is 74.9 cm³/mol. The first kappa shape index (κ1) is 15.4. The van der Waals surface area contributed by atoms with Crippen molar-refractivity contribution in [3.8, 4) is 0 Å². The fourth-order valence-electron chi connectivity index (χ4n) is 1.81. The summed E-state index contributed by atoms with van der Waals surface area (Å²) in [7, 11) is 0. The Kier molecular flexibility index (Phi) is 4.88. The van der Waals surface area contributed by atoms with Crippen LogP contribution in [-0.4, -0.2) is 11.0 Å². The van der Waals surface area contributed by atoms with Crippen LogP contribution in [0.25, 0.3) is 0 Å². The number of halogens is 3. The molecule has 2 aromatic carbocycles. The maximum absolute atomic E-state index is 13.2. The van der Waals surface area contributed by atoms with Gasteiger partial charge >= 0.3 is 0 Å². The number of hydrogen-bond acceptors (Lipinski definition) is 2. The van der Waals surface area contributed by atoms with Gasteiger partial charge in [0.1, 0.15) is 11.6 Å². The highest BCUT2D eigenvalue weighted by Gasteiger charge is 2.11. The minimum atomic E-state index is -0.525. The van der Waals surface area contributed by atoms with E-state index in [1.807, 2.05) is 0 Å². The smallest absolute Gasteiger partial charge is 0.253 e. The van der Waals surface area contributed by atoms with Crippen LogP contribution < -0.4 is 5.32 Å². The van der Waals surface area contributed by atoms with Gasteiger partial charge in [0.05, 0.1) is 17.2 Å². The summed E-state index contributed by atoms with van der Waals surface area (Å²) >= 11 is 5.79. The molecule has 0 spiro atoms. The molecule has 110 valence electrons. The minimum Gasteiger partial charge on any atom is -0.392 e. The van der Waals surface area contributed by atoms with Crippen molar-refractivity contribution in [2.75, 3.05) is 0 Å². The van der Waals surface area contributed by atoms with Gasteiger partial charge in [0.2, 0.25) is 0 Å². The molecule has 2 aromatic rings. The SMILES string of the molecule is O=C(NCc1ccc(F)c(CO)c1)c1ccc(F)cc1Cl. The van der Waals surface area contributed by atoms with Gasteiger partial charge in [-0.25, -0.2) is 8.78 Å². The maximum atomic E-state index is 13.2. The number of aliphatic hydroxyl groups is 1. The molecule has 3 nitrogen and oxygen atoms in total. The highest BCUT2D eigenvalue weighted by atomic mass is 35.5. The van der Waals surface area contributed by atoms with Gasteiger partial charge in [-0.05, 0) is 35.9 Å². The van der Waals surface area contributed by atoms with E-state index in [-0.39, 0.29) is 22.7 Å². The fraction of sp³-hybridized carbons (Fsp3) is 0.133. The highest BCUT2D eigenvalue weighted by molar-refractivity contribution is 6.33. The van der Waals surface area contributed by atoms with E-state index in [1.54, 1.807) is 0 Å². The lowest BCUT2D eigenvalue weighted by Gasteiger charge is -2.08. The van der Waals surface area contributed by atoms with E-state index >= 15 is 0 Å². The van der Waals surface area contributed by atoms with Crippen LogP contribution >= 0.6 is 11.6 Å². The molecule has 0 aliphatic heterocycles. The van der Waals surface area contributed by atoms with Crippen molar-refractivity contribution in [2.45, 2.75) is 13.2 Å². The molecule has 21 heavy (non-hydrogen) atoms. The summed E-state index contributed by atoms with van der Waals surface area (Å²) in [4.78, 5) is 11.9. The number of carbonyl (C=O) groups excluding carboxylic acids is 1. The van der Waals surface area contributed by atoms with Crippen molar-refractivity contribution >= 4 is 17.5 Å². The normalized spacial score (nSPS) is 10.5. The second-order valence-corrected chi connectivity index (χ2v) is 4.80. The molecule has 0 saturated carbocycles. The van der Waals surface area contributed by atoms with Crippen LogP contribution in [0.15, 0.2) is 36.4 Å². The number of hydrogen-bond donors (Lipinski definition) is 2. The van der Waals surface area contributed by atoms with Crippen molar-refractivity contribution in [2.24, 2.45) is 0 Å². The average Bonchev–Trinajstić information content (AvgIpc) is 2.46. The standard InChI is InChI=1S/C15H12ClF2NO2/c16-13-6-11(17)2-3-12(13)15(21)19-7-9-1-4-14(18)10(5-9)8-20/h1-6,20H,7-8H2,(H,19,21). The van der Waals surface area contributed by atoms with Crippen LogP contribution in [0.5, 0.6) is 0 Å². The number of aliphatic hydroxyl groups excluding tert-OH is 1. The van der Waals surface area contributed by atoms with Crippen molar-refractivity contribution in [1.29, 1.82) is 0 Å². The van der Waals surface area contributed by atoms with E-state index in [2.05, 4.69) is 5.32 Å². The van der Waals surface area contributed by atoms with Gasteiger partial charge in [0.15, 0.2) is 0 Å². The van der Waals surface area contributed by atoms with E-state index in [0.717, 1.165) is 12.1 Å². The molecular formula is C15H12ClF2NO2. The Hall–Kier alpha value is -1.98. The molecule has 0 aliphatic rings. The van der Waals surface area contributed by atoms with E-state index in [4.69, 9.17) is 16.7 Å². The first-order valence-corrected chi connectivity index (χ1v) is 6.50. The number of nitrogens with one attached hydrogen (secondary N) is 1. The molecule has 6 heteroatoms. The van der Waals surface area contributed by atoms with Crippen LogP contribution in [0.2, 0.25) is 5.02 Å². The number of benzene rings is 2. The van der Waals surface area contributed by atoms with E-state index < -0.39 is 24.1 Å². The van der Waals surface area contributed by atoms with Crippen molar-refractivity contribution in [1.82, 2.24) is 5.32 Å². The van der Waals surface area contributed by atoms with Crippen LogP contribution in [0, 0.1) is 11.6 Å². The van der Waals surface area contributed by atoms with Gasteiger partial charge in [-0.3, -0.25) is 4.79 Å². The number of amides is 1. The van der Waals surface area contributed by atoms with Gasteiger partial charge < -0.3 is 10.4 Å². The lowest BCUT2D eigenvalue weighted by molar-refractivity contribution is 0.0951. The zero-order valence-corrected chi connectivity index (χ0v) is 11.6. The molecule has 0 unspecified atom stereocenters. The molecule has 1 amide bonds. The molecule has 2 N–H and O–H groups in total. The third-order valence-corrected chi connectivity index (χ3v) is 3.22. The van der Waals surface area contributed by atoms with E-state index in [0.29, 0.717) is 5.56 Å².